The molecule has 1 rings (SSSR count). The Bertz CT molecular complexity index is 589. The number of benzene rings is 1. The molecule has 0 aromatic heterocycles. The van der Waals surface area contributed by atoms with E-state index in [1.165, 1.54) is 0 Å². The van der Waals surface area contributed by atoms with Gasteiger partial charge in [-0.25, -0.2) is 21.9 Å². The van der Waals surface area contributed by atoms with E-state index in [1.807, 2.05) is 13.8 Å². The van der Waals surface area contributed by atoms with Crippen molar-refractivity contribution in [3.05, 3.63) is 23.8 Å². The third-order valence-corrected chi connectivity index (χ3v) is 4.80. The number of rotatable bonds is 7. The van der Waals surface area contributed by atoms with Crippen LogP contribution in [0.15, 0.2) is 17.0 Å². The number of halogens is 2. The van der Waals surface area contributed by atoms with Crippen molar-refractivity contribution in [2.45, 2.75) is 37.7 Å². The van der Waals surface area contributed by atoms with Crippen LogP contribution in [0, 0.1) is 17.6 Å². The van der Waals surface area contributed by atoms with Gasteiger partial charge >= 0.3 is 0 Å². The van der Waals surface area contributed by atoms with Gasteiger partial charge in [-0.2, -0.15) is 0 Å². The van der Waals surface area contributed by atoms with Crippen molar-refractivity contribution >= 4 is 15.7 Å². The fourth-order valence-corrected chi connectivity index (χ4v) is 3.22. The van der Waals surface area contributed by atoms with Crippen LogP contribution in [0.2, 0.25) is 0 Å². The second kappa shape index (κ2) is 7.15. The number of nitrogens with two attached hydrogens (primary N) is 1. The summed E-state index contributed by atoms with van der Waals surface area (Å²) in [4.78, 5) is -0.864. The Hall–Kier alpha value is -1.25. The number of sulfonamides is 1. The van der Waals surface area contributed by atoms with E-state index in [-0.39, 0.29) is 18.2 Å². The molecule has 120 valence electrons. The molecule has 8 heteroatoms. The average molecular weight is 322 g/mol. The lowest BCUT2D eigenvalue weighted by Crippen LogP contribution is -2.36. The molecule has 4 N–H and O–H groups in total. The largest absolute Gasteiger partial charge is 0.399 e. The van der Waals surface area contributed by atoms with Crippen LogP contribution in [0.25, 0.3) is 0 Å². The summed E-state index contributed by atoms with van der Waals surface area (Å²) in [6, 6.07) is 1.54. The zero-order valence-electron chi connectivity index (χ0n) is 11.9. The van der Waals surface area contributed by atoms with Gasteiger partial charge in [-0.1, -0.05) is 26.7 Å². The summed E-state index contributed by atoms with van der Waals surface area (Å²) in [5.74, 6) is -2.90. The van der Waals surface area contributed by atoms with E-state index in [0.29, 0.717) is 18.9 Å². The molecular weight excluding hydrogens is 302 g/mol. The first-order valence-electron chi connectivity index (χ1n) is 6.65. The number of nitrogens with one attached hydrogen (secondary N) is 1. The fraction of sp³-hybridized carbons (Fsp3) is 0.538. The highest BCUT2D eigenvalue weighted by molar-refractivity contribution is 7.89. The second-order valence-corrected chi connectivity index (χ2v) is 6.55. The molecular formula is C13H20F2N2O3S. The van der Waals surface area contributed by atoms with E-state index in [2.05, 4.69) is 4.72 Å². The molecule has 1 aromatic rings. The van der Waals surface area contributed by atoms with E-state index >= 15 is 0 Å². The maximum absolute atomic E-state index is 13.6. The smallest absolute Gasteiger partial charge is 0.243 e. The van der Waals surface area contributed by atoms with Gasteiger partial charge in [-0.3, -0.25) is 0 Å². The lowest BCUT2D eigenvalue weighted by Gasteiger charge is -2.20. The topological polar surface area (TPSA) is 92.4 Å². The van der Waals surface area contributed by atoms with Crippen molar-refractivity contribution in [2.24, 2.45) is 5.92 Å². The van der Waals surface area contributed by atoms with Crippen molar-refractivity contribution in [1.29, 1.82) is 0 Å². The first-order chi connectivity index (χ1) is 9.72. The summed E-state index contributed by atoms with van der Waals surface area (Å²) in [7, 11) is -4.29. The van der Waals surface area contributed by atoms with Gasteiger partial charge in [0.2, 0.25) is 10.0 Å². The maximum Gasteiger partial charge on any atom is 0.243 e. The molecule has 1 unspecified atom stereocenters. The number of hydrogen-bond acceptors (Lipinski definition) is 4. The van der Waals surface area contributed by atoms with E-state index < -0.39 is 32.7 Å². The van der Waals surface area contributed by atoms with Gasteiger partial charge in [0.1, 0.15) is 4.90 Å². The number of hydrogen-bond donors (Lipinski definition) is 3. The predicted molar refractivity (Wildman–Crippen MR) is 76.0 cm³/mol. The van der Waals surface area contributed by atoms with Crippen molar-refractivity contribution in [1.82, 2.24) is 4.72 Å². The van der Waals surface area contributed by atoms with E-state index in [1.54, 1.807) is 0 Å². The number of aliphatic hydroxyl groups is 1. The summed E-state index contributed by atoms with van der Waals surface area (Å²) in [5, 5.41) is 9.88. The average Bonchev–Trinajstić information content (AvgIpc) is 2.42. The molecule has 0 saturated carbocycles. The normalized spacial score (nSPS) is 13.6. The molecule has 0 aliphatic carbocycles. The first kappa shape index (κ1) is 17.8. The minimum absolute atomic E-state index is 0.0740. The van der Waals surface area contributed by atoms with Crippen LogP contribution in [-0.2, 0) is 10.0 Å². The quantitative estimate of drug-likeness (QED) is 0.665. The van der Waals surface area contributed by atoms with Crippen molar-refractivity contribution in [2.75, 3.05) is 12.3 Å². The van der Waals surface area contributed by atoms with E-state index in [9.17, 15) is 22.3 Å². The third kappa shape index (κ3) is 4.36. The summed E-state index contributed by atoms with van der Waals surface area (Å²) < 4.78 is 52.8. The highest BCUT2D eigenvalue weighted by Gasteiger charge is 2.24. The van der Waals surface area contributed by atoms with Gasteiger partial charge in [-0.05, 0) is 18.1 Å². The third-order valence-electron chi connectivity index (χ3n) is 3.38. The number of nitrogen functional groups attached to an aromatic ring is 1. The van der Waals surface area contributed by atoms with Crippen molar-refractivity contribution in [3.8, 4) is 0 Å². The minimum Gasteiger partial charge on any atom is -0.399 e. The molecule has 0 spiro atoms. The minimum atomic E-state index is -4.29. The Morgan fingerprint density at radius 1 is 1.29 bits per heavy atom. The Kier molecular flexibility index (Phi) is 6.06. The lowest BCUT2D eigenvalue weighted by molar-refractivity contribution is 0.107. The zero-order valence-corrected chi connectivity index (χ0v) is 12.8. The molecule has 0 heterocycles. The van der Waals surface area contributed by atoms with Crippen LogP contribution in [0.5, 0.6) is 0 Å². The summed E-state index contributed by atoms with van der Waals surface area (Å²) in [6.07, 6.45) is 0.463. The van der Waals surface area contributed by atoms with Crippen LogP contribution >= 0.6 is 0 Å². The molecule has 0 aliphatic rings. The molecule has 21 heavy (non-hydrogen) atoms. The Morgan fingerprint density at radius 3 is 2.38 bits per heavy atom. The SMILES string of the molecule is CCC(CC)C(O)CNS(=O)(=O)c1cc(N)cc(F)c1F. The number of aliphatic hydroxyl groups excluding tert-OH is 1. The molecule has 0 amide bonds. The molecule has 1 atom stereocenters. The van der Waals surface area contributed by atoms with Crippen LogP contribution in [-0.4, -0.2) is 26.2 Å². The summed E-state index contributed by atoms with van der Waals surface area (Å²) in [5.41, 5.74) is 5.12. The highest BCUT2D eigenvalue weighted by Crippen LogP contribution is 2.21. The van der Waals surface area contributed by atoms with Gasteiger partial charge in [0.25, 0.3) is 0 Å². The van der Waals surface area contributed by atoms with Crippen LogP contribution in [0.3, 0.4) is 0 Å². The standard InChI is InChI=1S/C13H20F2N2O3S/c1-3-8(4-2)11(18)7-17-21(19,20)12-6-9(16)5-10(14)13(12)15/h5-6,8,11,17-18H,3-4,7,16H2,1-2H3. The molecule has 5 nitrogen and oxygen atoms in total. The van der Waals surface area contributed by atoms with E-state index in [4.69, 9.17) is 5.73 Å². The lowest BCUT2D eigenvalue weighted by atomic mass is 9.97. The van der Waals surface area contributed by atoms with Gasteiger partial charge in [-0.15, -0.1) is 0 Å². The Balaban J connectivity index is 2.93. The molecule has 1 aromatic carbocycles. The predicted octanol–water partition coefficient (Wildman–Crippen LogP) is 1.62. The fourth-order valence-electron chi connectivity index (χ4n) is 2.05. The molecule has 0 bridgehead atoms. The summed E-state index contributed by atoms with van der Waals surface area (Å²) in [6.45, 7) is 3.47. The molecule has 0 saturated heterocycles. The second-order valence-electron chi connectivity index (χ2n) is 4.81. The molecule has 0 radical (unpaired) electrons. The first-order valence-corrected chi connectivity index (χ1v) is 8.13. The van der Waals surface area contributed by atoms with Crippen LogP contribution in [0.4, 0.5) is 14.5 Å². The van der Waals surface area contributed by atoms with Gasteiger partial charge in [0, 0.05) is 12.2 Å². The van der Waals surface area contributed by atoms with Gasteiger partial charge in [0.05, 0.1) is 6.10 Å². The Labute approximate surface area is 123 Å². The Morgan fingerprint density at radius 2 is 1.86 bits per heavy atom. The van der Waals surface area contributed by atoms with Gasteiger partial charge in [0.15, 0.2) is 11.6 Å². The summed E-state index contributed by atoms with van der Waals surface area (Å²) >= 11 is 0. The maximum atomic E-state index is 13.6. The van der Waals surface area contributed by atoms with E-state index in [0.717, 1.165) is 6.07 Å². The van der Waals surface area contributed by atoms with Crippen molar-refractivity contribution in [3.63, 3.8) is 0 Å². The monoisotopic (exact) mass is 322 g/mol. The molecule has 0 aliphatic heterocycles. The van der Waals surface area contributed by atoms with Crippen molar-refractivity contribution < 1.29 is 22.3 Å². The molecule has 0 fully saturated rings. The number of anilines is 1. The van der Waals surface area contributed by atoms with Crippen LogP contribution in [0.1, 0.15) is 26.7 Å². The van der Waals surface area contributed by atoms with Crippen LogP contribution < -0.4 is 10.5 Å². The zero-order chi connectivity index (χ0) is 16.2. The van der Waals surface area contributed by atoms with Gasteiger partial charge < -0.3 is 10.8 Å². The highest BCUT2D eigenvalue weighted by atomic mass is 32.2.